The monoisotopic (exact) mass is 107 g/mol. The minimum Gasteiger partial charge on any atom is -0.229 e. The van der Waals surface area contributed by atoms with Gasteiger partial charge in [-0.15, -0.1) is 0 Å². The quantitative estimate of drug-likeness (QED) is 0.249. The summed E-state index contributed by atoms with van der Waals surface area (Å²) in [6.45, 7) is 0. The van der Waals surface area contributed by atoms with Crippen molar-refractivity contribution in [2.45, 2.75) is 0 Å². The maximum Gasteiger partial charge on any atom is 0.190 e. The van der Waals surface area contributed by atoms with Crippen LogP contribution in [0.15, 0.2) is 0 Å². The molecule has 1 N–H and O–H groups in total. The van der Waals surface area contributed by atoms with Crippen molar-refractivity contribution in [2.75, 3.05) is 0 Å². The summed E-state index contributed by atoms with van der Waals surface area (Å²) in [6, 6.07) is 0. The normalized spacial score (nSPS) is 3.00. The van der Waals surface area contributed by atoms with Crippen LogP contribution in [0.4, 0.5) is 0 Å². The van der Waals surface area contributed by atoms with Crippen LogP contribution >= 0.6 is 0 Å². The van der Waals surface area contributed by atoms with Gasteiger partial charge in [0.2, 0.25) is 0 Å². The number of nitrogens with one attached hydrogen (secondary N) is 1. The fraction of sp³-hybridized carbons (Fsp3) is 0. The van der Waals surface area contributed by atoms with Gasteiger partial charge in [-0.05, 0) is 0 Å². The molecule has 0 aliphatic rings. The predicted molar refractivity (Wildman–Crippen MR) is 20.1 cm³/mol. The van der Waals surface area contributed by atoms with Gasteiger partial charge in [0, 0.05) is 37.7 Å². The van der Waals surface area contributed by atoms with Crippen molar-refractivity contribution in [3.8, 4) is 12.4 Å². The number of nitrogens with zero attached hydrogens (tertiary/aromatic N) is 2. The first kappa shape index (κ1) is 9.40. The standard InChI is InChI=1S/C2HN3.Ca/c3-1-5-2-4;/h5H;. The number of nitriles is 2. The van der Waals surface area contributed by atoms with Crippen LogP contribution < -0.4 is 5.32 Å². The van der Waals surface area contributed by atoms with Gasteiger partial charge in [-0.3, -0.25) is 0 Å². The minimum absolute atomic E-state index is 0. The first-order valence-electron chi connectivity index (χ1n) is 0.947. The van der Waals surface area contributed by atoms with Crippen molar-refractivity contribution in [2.24, 2.45) is 0 Å². The Hall–Kier alpha value is 0.0397. The molecule has 0 saturated heterocycles. The van der Waals surface area contributed by atoms with E-state index >= 15 is 0 Å². The predicted octanol–water partition coefficient (Wildman–Crippen LogP) is -0.843. The van der Waals surface area contributed by atoms with E-state index in [-0.39, 0.29) is 37.7 Å². The topological polar surface area (TPSA) is 59.6 Å². The van der Waals surface area contributed by atoms with E-state index in [1.165, 1.54) is 12.4 Å². The third kappa shape index (κ3) is 8.97. The van der Waals surface area contributed by atoms with E-state index in [1.807, 2.05) is 0 Å². The molecule has 0 bridgehead atoms. The Morgan fingerprint density at radius 3 is 1.50 bits per heavy atom. The number of hydrogen-bond acceptors (Lipinski definition) is 3. The largest absolute Gasteiger partial charge is 0.229 e. The first-order valence-corrected chi connectivity index (χ1v) is 0.947. The average molecular weight is 107 g/mol. The molecule has 0 aliphatic heterocycles. The van der Waals surface area contributed by atoms with Gasteiger partial charge >= 0.3 is 0 Å². The summed E-state index contributed by atoms with van der Waals surface area (Å²) in [6.07, 6.45) is 2.81. The van der Waals surface area contributed by atoms with Crippen LogP contribution in [0.3, 0.4) is 0 Å². The summed E-state index contributed by atoms with van der Waals surface area (Å²) in [5, 5.41) is 16.7. The zero-order valence-electron chi connectivity index (χ0n) is 3.10. The molecular weight excluding hydrogens is 106 g/mol. The van der Waals surface area contributed by atoms with Crippen LogP contribution in [0.1, 0.15) is 0 Å². The third-order valence-electron chi connectivity index (χ3n) is 0.112. The number of hydrogen-bond donors (Lipinski definition) is 1. The van der Waals surface area contributed by atoms with E-state index in [2.05, 4.69) is 0 Å². The molecule has 0 atom stereocenters. The van der Waals surface area contributed by atoms with Crippen molar-refractivity contribution in [3.05, 3.63) is 0 Å². The van der Waals surface area contributed by atoms with Crippen molar-refractivity contribution in [1.29, 1.82) is 10.5 Å². The summed E-state index contributed by atoms with van der Waals surface area (Å²) >= 11 is 0. The molecule has 0 rings (SSSR count). The minimum atomic E-state index is 0. The van der Waals surface area contributed by atoms with Gasteiger partial charge in [0.1, 0.15) is 0 Å². The van der Waals surface area contributed by atoms with Gasteiger partial charge in [0.25, 0.3) is 0 Å². The molecule has 0 heterocycles. The Labute approximate surface area is 65.6 Å². The molecule has 0 fully saturated rings. The molecule has 0 saturated carbocycles. The molecule has 6 heavy (non-hydrogen) atoms. The van der Waals surface area contributed by atoms with Crippen molar-refractivity contribution >= 4 is 37.7 Å². The first-order chi connectivity index (χ1) is 2.41. The van der Waals surface area contributed by atoms with Gasteiger partial charge in [-0.2, -0.15) is 10.5 Å². The summed E-state index contributed by atoms with van der Waals surface area (Å²) in [5.74, 6) is 0. The fourth-order valence-corrected chi connectivity index (χ4v) is 0.0250. The Kier molecular flexibility index (Phi) is 13.9. The molecule has 3 nitrogen and oxygen atoms in total. The molecular formula is C2HCaN3. The summed E-state index contributed by atoms with van der Waals surface area (Å²) in [5.41, 5.74) is 0. The maximum atomic E-state index is 7.48. The Bertz CT molecular complexity index is 73.9. The van der Waals surface area contributed by atoms with E-state index in [9.17, 15) is 0 Å². The molecule has 0 aromatic rings. The second-order valence-electron chi connectivity index (χ2n) is 0.349. The van der Waals surface area contributed by atoms with Crippen LogP contribution in [0.5, 0.6) is 0 Å². The van der Waals surface area contributed by atoms with E-state index in [4.69, 9.17) is 10.5 Å². The third-order valence-corrected chi connectivity index (χ3v) is 0.112. The Morgan fingerprint density at radius 1 is 1.17 bits per heavy atom. The average Bonchev–Trinajstić information content (AvgIpc) is 1.41. The summed E-state index contributed by atoms with van der Waals surface area (Å²) in [7, 11) is 0. The van der Waals surface area contributed by atoms with Crippen LogP contribution in [0.25, 0.3) is 0 Å². The SMILES string of the molecule is N#CNC#N.[Ca]. The van der Waals surface area contributed by atoms with E-state index < -0.39 is 0 Å². The van der Waals surface area contributed by atoms with Crippen molar-refractivity contribution in [1.82, 2.24) is 5.32 Å². The molecule has 2 radical (unpaired) electrons. The zero-order chi connectivity index (χ0) is 4.12. The fourth-order valence-electron chi connectivity index (χ4n) is 0.0250. The van der Waals surface area contributed by atoms with Crippen molar-refractivity contribution < 1.29 is 0 Å². The van der Waals surface area contributed by atoms with Gasteiger partial charge in [0.05, 0.1) is 0 Å². The van der Waals surface area contributed by atoms with Crippen LogP contribution in [-0.4, -0.2) is 37.7 Å². The van der Waals surface area contributed by atoms with E-state index in [0.29, 0.717) is 0 Å². The van der Waals surface area contributed by atoms with Crippen LogP contribution in [0, 0.1) is 22.9 Å². The van der Waals surface area contributed by atoms with E-state index in [0.717, 1.165) is 0 Å². The molecule has 0 aromatic heterocycles. The van der Waals surface area contributed by atoms with Gasteiger partial charge in [0.15, 0.2) is 12.4 Å². The molecule has 0 aromatic carbocycles. The molecule has 0 spiro atoms. The smallest absolute Gasteiger partial charge is 0.190 e. The van der Waals surface area contributed by atoms with E-state index in [1.54, 1.807) is 5.32 Å². The summed E-state index contributed by atoms with van der Waals surface area (Å²) in [4.78, 5) is 0. The second kappa shape index (κ2) is 8.90. The summed E-state index contributed by atoms with van der Waals surface area (Å²) < 4.78 is 0. The Balaban J connectivity index is 0. The molecule has 0 aliphatic carbocycles. The maximum absolute atomic E-state index is 7.48. The van der Waals surface area contributed by atoms with Crippen LogP contribution in [-0.2, 0) is 0 Å². The van der Waals surface area contributed by atoms with Gasteiger partial charge in [-0.1, -0.05) is 0 Å². The van der Waals surface area contributed by atoms with Gasteiger partial charge < -0.3 is 0 Å². The molecule has 0 unspecified atom stereocenters. The molecule has 4 heteroatoms. The van der Waals surface area contributed by atoms with Gasteiger partial charge in [-0.25, -0.2) is 5.32 Å². The van der Waals surface area contributed by atoms with Crippen LogP contribution in [0.2, 0.25) is 0 Å². The molecule has 0 amide bonds. The second-order valence-corrected chi connectivity index (χ2v) is 0.349. The molecule has 26 valence electrons. The number of rotatable bonds is 0. The van der Waals surface area contributed by atoms with Crippen molar-refractivity contribution in [3.63, 3.8) is 0 Å². The zero-order valence-corrected chi connectivity index (χ0v) is 5.31. The Morgan fingerprint density at radius 2 is 1.50 bits per heavy atom.